The van der Waals surface area contributed by atoms with Gasteiger partial charge >= 0.3 is 0 Å². The molecule has 3 rings (SSSR count). The fourth-order valence-electron chi connectivity index (χ4n) is 3.87. The number of anilines is 1. The highest BCUT2D eigenvalue weighted by Crippen LogP contribution is 2.34. The predicted octanol–water partition coefficient (Wildman–Crippen LogP) is 5.54. The number of pyridine rings is 1. The Hall–Kier alpha value is -3.79. The highest BCUT2D eigenvalue weighted by atomic mass is 19.3. The maximum absolute atomic E-state index is 14.0. The van der Waals surface area contributed by atoms with Gasteiger partial charge in [-0.25, -0.2) is 13.8 Å². The molecule has 1 aromatic carbocycles. The molecule has 1 aliphatic heterocycles. The van der Waals surface area contributed by atoms with Gasteiger partial charge in [0.2, 0.25) is 5.92 Å². The molecule has 5 nitrogen and oxygen atoms in total. The van der Waals surface area contributed by atoms with Crippen molar-refractivity contribution in [1.82, 2.24) is 10.3 Å². The van der Waals surface area contributed by atoms with E-state index in [1.807, 2.05) is 6.92 Å². The fourth-order valence-corrected chi connectivity index (χ4v) is 3.87. The molecule has 2 aromatic rings. The van der Waals surface area contributed by atoms with Crippen molar-refractivity contribution in [3.05, 3.63) is 84.2 Å². The molecule has 1 N–H and O–H groups in total. The van der Waals surface area contributed by atoms with Gasteiger partial charge in [-0.2, -0.15) is 5.26 Å². The molecule has 2 heterocycles. The van der Waals surface area contributed by atoms with E-state index in [0.717, 1.165) is 11.1 Å². The minimum absolute atomic E-state index is 0.104. The first-order chi connectivity index (χ1) is 15.8. The number of hydrogen-bond acceptors (Lipinski definition) is 4. The van der Waals surface area contributed by atoms with Gasteiger partial charge in [0.05, 0.1) is 17.2 Å². The number of nitrogens with one attached hydrogen (secondary N) is 1. The van der Waals surface area contributed by atoms with E-state index in [1.54, 1.807) is 41.4 Å². The van der Waals surface area contributed by atoms with Gasteiger partial charge in [0.15, 0.2) is 0 Å². The standard InChI is InChI=1S/C26H26F2N4O/c1-4-7-21(5-2)31-25(33)23-18(3)22(20-10-8-19(16-29)9-11-20)17-30-24(23)32-14-6-12-26(27,28)13-15-32/h4-5,7-11,17H,1-2,6,12-15H2,3H3,(H,31,33)/b21-7+. The third kappa shape index (κ3) is 5.53. The fraction of sp³-hybridized carbons (Fsp3) is 0.269. The molecule has 170 valence electrons. The summed E-state index contributed by atoms with van der Waals surface area (Å²) in [6.45, 7) is 9.64. The van der Waals surface area contributed by atoms with Crippen molar-refractivity contribution < 1.29 is 13.6 Å². The van der Waals surface area contributed by atoms with Crippen LogP contribution in [0.1, 0.15) is 40.7 Å². The number of carbonyl (C=O) groups is 1. The summed E-state index contributed by atoms with van der Waals surface area (Å²) in [5.74, 6) is -2.76. The Morgan fingerprint density at radius 1 is 1.24 bits per heavy atom. The van der Waals surface area contributed by atoms with Crippen LogP contribution in [0.2, 0.25) is 0 Å². The van der Waals surface area contributed by atoms with E-state index < -0.39 is 11.8 Å². The average molecular weight is 449 g/mol. The van der Waals surface area contributed by atoms with E-state index in [9.17, 15) is 13.6 Å². The number of aromatic nitrogens is 1. The summed E-state index contributed by atoms with van der Waals surface area (Å²) in [6.07, 6.45) is 6.13. The summed E-state index contributed by atoms with van der Waals surface area (Å²) in [5, 5.41) is 11.9. The van der Waals surface area contributed by atoms with Crippen LogP contribution in [-0.2, 0) is 0 Å². The second kappa shape index (κ2) is 10.2. The van der Waals surface area contributed by atoms with Crippen LogP contribution in [0.4, 0.5) is 14.6 Å². The quantitative estimate of drug-likeness (QED) is 0.589. The molecule has 0 unspecified atom stereocenters. The summed E-state index contributed by atoms with van der Waals surface area (Å²) in [6, 6.07) is 9.07. The van der Waals surface area contributed by atoms with Crippen LogP contribution >= 0.6 is 0 Å². The second-order valence-electron chi connectivity index (χ2n) is 7.90. The zero-order valence-corrected chi connectivity index (χ0v) is 18.6. The Labute approximate surface area is 192 Å². The van der Waals surface area contributed by atoms with Crippen LogP contribution in [0.15, 0.2) is 67.5 Å². The van der Waals surface area contributed by atoms with E-state index in [-0.39, 0.29) is 19.4 Å². The van der Waals surface area contributed by atoms with Crippen LogP contribution in [0, 0.1) is 18.3 Å². The third-order valence-corrected chi connectivity index (χ3v) is 5.66. The number of benzene rings is 1. The maximum Gasteiger partial charge on any atom is 0.259 e. The minimum Gasteiger partial charge on any atom is -0.356 e. The van der Waals surface area contributed by atoms with E-state index >= 15 is 0 Å². The number of hydrogen-bond donors (Lipinski definition) is 1. The number of amides is 1. The zero-order chi connectivity index (χ0) is 24.0. The molecule has 0 radical (unpaired) electrons. The highest BCUT2D eigenvalue weighted by molar-refractivity contribution is 6.03. The first-order valence-corrected chi connectivity index (χ1v) is 10.7. The Bertz CT molecular complexity index is 1130. The summed E-state index contributed by atoms with van der Waals surface area (Å²) < 4.78 is 27.9. The molecular formula is C26H26F2N4O. The largest absolute Gasteiger partial charge is 0.356 e. The van der Waals surface area contributed by atoms with Gasteiger partial charge in [-0.3, -0.25) is 4.79 Å². The van der Waals surface area contributed by atoms with Crippen molar-refractivity contribution >= 4 is 11.7 Å². The number of nitrogens with zero attached hydrogens (tertiary/aromatic N) is 3. The van der Waals surface area contributed by atoms with Crippen molar-refractivity contribution in [2.75, 3.05) is 18.0 Å². The number of halogens is 2. The topological polar surface area (TPSA) is 69.0 Å². The van der Waals surface area contributed by atoms with Crippen LogP contribution in [0.3, 0.4) is 0 Å². The van der Waals surface area contributed by atoms with Crippen molar-refractivity contribution in [3.8, 4) is 17.2 Å². The average Bonchev–Trinajstić information content (AvgIpc) is 2.98. The number of rotatable bonds is 6. The van der Waals surface area contributed by atoms with Gasteiger partial charge in [0, 0.05) is 43.4 Å². The first kappa shape index (κ1) is 23.9. The van der Waals surface area contributed by atoms with Crippen molar-refractivity contribution in [3.63, 3.8) is 0 Å². The van der Waals surface area contributed by atoms with Crippen LogP contribution in [0.25, 0.3) is 11.1 Å². The molecule has 0 aliphatic carbocycles. The third-order valence-electron chi connectivity index (χ3n) is 5.66. The summed E-state index contributed by atoms with van der Waals surface area (Å²) in [4.78, 5) is 19.7. The number of nitriles is 1. The van der Waals surface area contributed by atoms with Gasteiger partial charge in [-0.1, -0.05) is 31.4 Å². The lowest BCUT2D eigenvalue weighted by Gasteiger charge is -2.26. The molecule has 0 saturated carbocycles. The Kier molecular flexibility index (Phi) is 7.39. The Morgan fingerprint density at radius 2 is 1.97 bits per heavy atom. The Balaban J connectivity index is 2.10. The molecule has 0 spiro atoms. The molecule has 1 amide bonds. The first-order valence-electron chi connectivity index (χ1n) is 10.7. The predicted molar refractivity (Wildman–Crippen MR) is 126 cm³/mol. The van der Waals surface area contributed by atoms with Crippen LogP contribution in [-0.4, -0.2) is 29.9 Å². The molecule has 1 fully saturated rings. The molecule has 33 heavy (non-hydrogen) atoms. The van der Waals surface area contributed by atoms with E-state index in [0.29, 0.717) is 41.2 Å². The van der Waals surface area contributed by atoms with Gasteiger partial charge < -0.3 is 10.2 Å². The molecule has 7 heteroatoms. The zero-order valence-electron chi connectivity index (χ0n) is 18.6. The van der Waals surface area contributed by atoms with Crippen LogP contribution < -0.4 is 10.2 Å². The van der Waals surface area contributed by atoms with E-state index in [1.165, 1.54) is 12.2 Å². The SMILES string of the molecule is C=C/C=C(\C=C)NC(=O)c1c(N2CCCC(F)(F)CC2)ncc(-c2ccc(C#N)cc2)c1C. The number of allylic oxidation sites excluding steroid dienone is 3. The van der Waals surface area contributed by atoms with Gasteiger partial charge in [-0.05, 0) is 48.8 Å². The Morgan fingerprint density at radius 3 is 2.61 bits per heavy atom. The summed E-state index contributed by atoms with van der Waals surface area (Å²) in [5.41, 5.74) is 3.49. The number of alkyl halides is 2. The van der Waals surface area contributed by atoms with Crippen molar-refractivity contribution in [2.24, 2.45) is 0 Å². The van der Waals surface area contributed by atoms with Crippen molar-refractivity contribution in [2.45, 2.75) is 32.1 Å². The molecule has 1 saturated heterocycles. The molecule has 1 aromatic heterocycles. The van der Waals surface area contributed by atoms with Gasteiger partial charge in [0.1, 0.15) is 5.82 Å². The number of carbonyl (C=O) groups excluding carboxylic acids is 1. The molecule has 0 bridgehead atoms. The van der Waals surface area contributed by atoms with E-state index in [2.05, 4.69) is 29.5 Å². The molecule has 0 atom stereocenters. The van der Waals surface area contributed by atoms with Crippen molar-refractivity contribution in [1.29, 1.82) is 5.26 Å². The van der Waals surface area contributed by atoms with Crippen LogP contribution in [0.5, 0.6) is 0 Å². The lowest BCUT2D eigenvalue weighted by molar-refractivity contribution is -0.0102. The smallest absolute Gasteiger partial charge is 0.259 e. The lowest BCUT2D eigenvalue weighted by atomic mass is 9.97. The minimum atomic E-state index is -2.72. The molecule has 1 aliphatic rings. The van der Waals surface area contributed by atoms with E-state index in [4.69, 9.17) is 5.26 Å². The molecular weight excluding hydrogens is 422 g/mol. The summed E-state index contributed by atoms with van der Waals surface area (Å²) >= 11 is 0. The normalized spacial score (nSPS) is 15.8. The summed E-state index contributed by atoms with van der Waals surface area (Å²) in [7, 11) is 0. The highest BCUT2D eigenvalue weighted by Gasteiger charge is 2.33. The maximum atomic E-state index is 14.0. The second-order valence-corrected chi connectivity index (χ2v) is 7.90. The van der Waals surface area contributed by atoms with Gasteiger partial charge in [0.25, 0.3) is 5.91 Å². The van der Waals surface area contributed by atoms with Gasteiger partial charge in [-0.15, -0.1) is 0 Å². The lowest BCUT2D eigenvalue weighted by Crippen LogP contribution is -2.31. The monoisotopic (exact) mass is 448 g/mol.